The van der Waals surface area contributed by atoms with Crippen LogP contribution in [-0.4, -0.2) is 40.9 Å². The normalized spacial score (nSPS) is 21.4. The smallest absolute Gasteiger partial charge is 0.273 e. The summed E-state index contributed by atoms with van der Waals surface area (Å²) in [5.74, 6) is 0.672. The summed E-state index contributed by atoms with van der Waals surface area (Å²) in [6.45, 7) is 4.16. The highest BCUT2D eigenvalue weighted by Crippen LogP contribution is 2.24. The van der Waals surface area contributed by atoms with Crippen LogP contribution < -0.4 is 4.74 Å². The Labute approximate surface area is 123 Å². The average molecular weight is 293 g/mol. The van der Waals surface area contributed by atoms with Crippen LogP contribution >= 0.6 is 0 Å². The predicted molar refractivity (Wildman–Crippen MR) is 77.9 cm³/mol. The molecule has 1 aromatic rings. The minimum absolute atomic E-state index is 0.0343. The zero-order valence-electron chi connectivity index (χ0n) is 12.2. The lowest BCUT2D eigenvalue weighted by Crippen LogP contribution is -2.39. The maximum atomic E-state index is 10.9. The summed E-state index contributed by atoms with van der Waals surface area (Å²) in [7, 11) is 1.50. The first-order valence-corrected chi connectivity index (χ1v) is 6.79. The zero-order valence-corrected chi connectivity index (χ0v) is 12.2. The molecule has 0 amide bonds. The lowest BCUT2D eigenvalue weighted by molar-refractivity contribution is -0.385. The van der Waals surface area contributed by atoms with Gasteiger partial charge in [-0.3, -0.25) is 15.0 Å². The SMILES string of the molecule is COc1cc(CN2CC/C(=N/O)C(C)C2)cc([N+](=O)[O-])c1. The number of likely N-dealkylation sites (tertiary alicyclic amines) is 1. The summed E-state index contributed by atoms with van der Waals surface area (Å²) in [6, 6.07) is 4.80. The van der Waals surface area contributed by atoms with Crippen molar-refractivity contribution in [2.75, 3.05) is 20.2 Å². The van der Waals surface area contributed by atoms with Crippen molar-refractivity contribution < 1.29 is 14.9 Å². The van der Waals surface area contributed by atoms with E-state index >= 15 is 0 Å². The first-order chi connectivity index (χ1) is 10.0. The Morgan fingerprint density at radius 3 is 2.86 bits per heavy atom. The molecule has 0 spiro atoms. The molecule has 1 saturated heterocycles. The molecule has 7 heteroatoms. The first kappa shape index (κ1) is 15.2. The van der Waals surface area contributed by atoms with Crippen LogP contribution in [0.3, 0.4) is 0 Å². The van der Waals surface area contributed by atoms with E-state index < -0.39 is 4.92 Å². The van der Waals surface area contributed by atoms with Gasteiger partial charge in [0.15, 0.2) is 0 Å². The van der Waals surface area contributed by atoms with E-state index in [1.807, 2.05) is 13.0 Å². The summed E-state index contributed by atoms with van der Waals surface area (Å²) >= 11 is 0. The van der Waals surface area contributed by atoms with Crippen molar-refractivity contribution in [3.8, 4) is 5.75 Å². The van der Waals surface area contributed by atoms with Gasteiger partial charge >= 0.3 is 0 Å². The number of oxime groups is 1. The second kappa shape index (κ2) is 6.53. The highest BCUT2D eigenvalue weighted by Gasteiger charge is 2.23. The Bertz CT molecular complexity index is 559. The number of hydrogen-bond donors (Lipinski definition) is 1. The molecule has 1 heterocycles. The summed E-state index contributed by atoms with van der Waals surface area (Å²) in [5.41, 5.74) is 1.69. The molecule has 1 aliphatic heterocycles. The number of rotatable bonds is 4. The van der Waals surface area contributed by atoms with Crippen LogP contribution in [0.15, 0.2) is 23.4 Å². The number of methoxy groups -OCH3 is 1. The number of nitro benzene ring substituents is 1. The number of nitrogens with zero attached hydrogens (tertiary/aromatic N) is 3. The van der Waals surface area contributed by atoms with Gasteiger partial charge in [-0.2, -0.15) is 0 Å². The van der Waals surface area contributed by atoms with E-state index in [1.54, 1.807) is 6.07 Å². The second-order valence-electron chi connectivity index (χ2n) is 5.27. The monoisotopic (exact) mass is 293 g/mol. The van der Waals surface area contributed by atoms with Gasteiger partial charge in [0, 0.05) is 38.0 Å². The van der Waals surface area contributed by atoms with Crippen molar-refractivity contribution in [3.63, 3.8) is 0 Å². The van der Waals surface area contributed by atoms with Crippen LogP contribution in [0.5, 0.6) is 5.75 Å². The molecule has 1 unspecified atom stereocenters. The maximum absolute atomic E-state index is 10.9. The number of piperidine rings is 1. The Morgan fingerprint density at radius 2 is 2.29 bits per heavy atom. The van der Waals surface area contributed by atoms with Crippen molar-refractivity contribution in [2.24, 2.45) is 11.1 Å². The molecule has 21 heavy (non-hydrogen) atoms. The average Bonchev–Trinajstić information content (AvgIpc) is 2.47. The highest BCUT2D eigenvalue weighted by molar-refractivity contribution is 5.86. The third-order valence-corrected chi connectivity index (χ3v) is 3.72. The molecule has 0 saturated carbocycles. The number of nitro groups is 1. The van der Waals surface area contributed by atoms with E-state index in [1.165, 1.54) is 13.2 Å². The van der Waals surface area contributed by atoms with Crippen molar-refractivity contribution in [1.82, 2.24) is 4.90 Å². The minimum atomic E-state index is -0.415. The van der Waals surface area contributed by atoms with Crippen LogP contribution in [0, 0.1) is 16.0 Å². The van der Waals surface area contributed by atoms with Crippen molar-refractivity contribution in [1.29, 1.82) is 0 Å². The molecule has 1 aliphatic rings. The fourth-order valence-electron chi connectivity index (χ4n) is 2.61. The van der Waals surface area contributed by atoms with Gasteiger partial charge in [0.2, 0.25) is 0 Å². The van der Waals surface area contributed by atoms with Crippen molar-refractivity contribution in [3.05, 3.63) is 33.9 Å². The molecular formula is C14H19N3O4. The molecule has 0 aliphatic carbocycles. The van der Waals surface area contributed by atoms with Gasteiger partial charge in [0.25, 0.3) is 5.69 Å². The van der Waals surface area contributed by atoms with Gasteiger partial charge in [-0.15, -0.1) is 0 Å². The van der Waals surface area contributed by atoms with Gasteiger partial charge in [-0.1, -0.05) is 12.1 Å². The lowest BCUT2D eigenvalue weighted by atomic mass is 9.97. The van der Waals surface area contributed by atoms with Crippen molar-refractivity contribution in [2.45, 2.75) is 19.9 Å². The molecule has 7 nitrogen and oxygen atoms in total. The lowest BCUT2D eigenvalue weighted by Gasteiger charge is -2.31. The summed E-state index contributed by atoms with van der Waals surface area (Å²) in [5, 5.41) is 23.1. The zero-order chi connectivity index (χ0) is 15.4. The van der Waals surface area contributed by atoms with Gasteiger partial charge in [0.05, 0.1) is 23.8 Å². The summed E-state index contributed by atoms with van der Waals surface area (Å²) in [4.78, 5) is 12.7. The minimum Gasteiger partial charge on any atom is -0.496 e. The molecule has 1 N–H and O–H groups in total. The fourth-order valence-corrected chi connectivity index (χ4v) is 2.61. The third kappa shape index (κ3) is 3.69. The summed E-state index contributed by atoms with van der Waals surface area (Å²) in [6.07, 6.45) is 0.712. The van der Waals surface area contributed by atoms with Crippen LogP contribution in [0.1, 0.15) is 18.9 Å². The Balaban J connectivity index is 2.12. The molecule has 2 rings (SSSR count). The third-order valence-electron chi connectivity index (χ3n) is 3.72. The quantitative estimate of drug-likeness (QED) is 0.522. The van der Waals surface area contributed by atoms with Gasteiger partial charge < -0.3 is 9.94 Å². The van der Waals surface area contributed by atoms with E-state index in [9.17, 15) is 10.1 Å². The molecule has 1 fully saturated rings. The van der Waals surface area contributed by atoms with E-state index in [2.05, 4.69) is 10.1 Å². The molecule has 0 bridgehead atoms. The Kier molecular flexibility index (Phi) is 4.74. The molecular weight excluding hydrogens is 274 g/mol. The highest BCUT2D eigenvalue weighted by atomic mass is 16.6. The molecule has 1 aromatic carbocycles. The fraction of sp³-hybridized carbons (Fsp3) is 0.500. The van der Waals surface area contributed by atoms with Crippen LogP contribution in [0.4, 0.5) is 5.69 Å². The number of non-ortho nitro benzene ring substituents is 1. The number of benzene rings is 1. The second-order valence-corrected chi connectivity index (χ2v) is 5.27. The molecule has 0 aromatic heterocycles. The van der Waals surface area contributed by atoms with E-state index in [0.29, 0.717) is 18.7 Å². The first-order valence-electron chi connectivity index (χ1n) is 6.79. The van der Waals surface area contributed by atoms with Crippen LogP contribution in [0.25, 0.3) is 0 Å². The van der Waals surface area contributed by atoms with Gasteiger partial charge in [-0.05, 0) is 11.6 Å². The molecule has 114 valence electrons. The van der Waals surface area contributed by atoms with Gasteiger partial charge in [0.1, 0.15) is 5.75 Å². The maximum Gasteiger partial charge on any atom is 0.273 e. The number of hydrogen-bond acceptors (Lipinski definition) is 6. The molecule has 0 radical (unpaired) electrons. The number of ether oxygens (including phenoxy) is 1. The van der Waals surface area contributed by atoms with Crippen LogP contribution in [-0.2, 0) is 6.54 Å². The molecule has 1 atom stereocenters. The predicted octanol–water partition coefficient (Wildman–Crippen LogP) is 2.28. The Hall–Kier alpha value is -2.15. The van der Waals surface area contributed by atoms with Crippen molar-refractivity contribution >= 4 is 11.4 Å². The van der Waals surface area contributed by atoms with E-state index in [4.69, 9.17) is 9.94 Å². The Morgan fingerprint density at radius 1 is 1.52 bits per heavy atom. The largest absolute Gasteiger partial charge is 0.496 e. The van der Waals surface area contributed by atoms with E-state index in [0.717, 1.165) is 24.4 Å². The standard InChI is InChI=1S/C14H19N3O4/c1-10-8-16(4-3-14(10)15-18)9-11-5-12(17(19)20)7-13(6-11)21-2/h5-7,10,18H,3-4,8-9H2,1-2H3/b15-14-. The topological polar surface area (TPSA) is 88.2 Å². The van der Waals surface area contributed by atoms with Crippen LogP contribution in [0.2, 0.25) is 0 Å². The van der Waals surface area contributed by atoms with E-state index in [-0.39, 0.29) is 11.6 Å². The van der Waals surface area contributed by atoms with Gasteiger partial charge in [-0.25, -0.2) is 0 Å². The summed E-state index contributed by atoms with van der Waals surface area (Å²) < 4.78 is 5.12.